The van der Waals surface area contributed by atoms with Gasteiger partial charge in [0.2, 0.25) is 0 Å². The molecule has 0 aliphatic heterocycles. The Labute approximate surface area is 110 Å². The van der Waals surface area contributed by atoms with Gasteiger partial charge in [-0.1, -0.05) is 19.8 Å². The maximum Gasteiger partial charge on any atom is 0.407 e. The molecule has 0 fully saturated rings. The lowest BCUT2D eigenvalue weighted by Gasteiger charge is -2.19. The van der Waals surface area contributed by atoms with Crippen molar-refractivity contribution >= 4 is 11.9 Å². The first-order valence-electron chi connectivity index (χ1n) is 6.83. The van der Waals surface area contributed by atoms with Crippen LogP contribution in [0.25, 0.3) is 0 Å². The Bertz CT molecular complexity index is 256. The molecular formula is C14H27NO3. The van der Waals surface area contributed by atoms with Crippen molar-refractivity contribution < 1.29 is 14.3 Å². The van der Waals surface area contributed by atoms with Crippen molar-refractivity contribution in [2.75, 3.05) is 6.54 Å². The zero-order valence-corrected chi connectivity index (χ0v) is 12.2. The topological polar surface area (TPSA) is 55.4 Å². The Morgan fingerprint density at radius 2 is 1.67 bits per heavy atom. The van der Waals surface area contributed by atoms with Crippen molar-refractivity contribution in [2.45, 2.75) is 71.8 Å². The molecule has 4 heteroatoms. The van der Waals surface area contributed by atoms with E-state index in [1.807, 2.05) is 20.8 Å². The van der Waals surface area contributed by atoms with Crippen LogP contribution in [0.3, 0.4) is 0 Å². The molecule has 0 unspecified atom stereocenters. The number of alkyl carbamates (subject to hydrolysis) is 1. The quantitative estimate of drug-likeness (QED) is 0.678. The molecule has 0 aliphatic carbocycles. The van der Waals surface area contributed by atoms with E-state index in [1.54, 1.807) is 0 Å². The van der Waals surface area contributed by atoms with E-state index in [-0.39, 0.29) is 5.78 Å². The number of amides is 1. The van der Waals surface area contributed by atoms with Crippen molar-refractivity contribution in [3.63, 3.8) is 0 Å². The van der Waals surface area contributed by atoms with Crippen LogP contribution >= 0.6 is 0 Å². The van der Waals surface area contributed by atoms with Crippen LogP contribution in [0.2, 0.25) is 0 Å². The minimum atomic E-state index is -0.472. The Hall–Kier alpha value is -1.06. The van der Waals surface area contributed by atoms with Gasteiger partial charge in [0, 0.05) is 19.4 Å². The van der Waals surface area contributed by atoms with Gasteiger partial charge in [-0.05, 0) is 33.6 Å². The SMILES string of the molecule is CCCCCC(=O)CCCNC(=O)OC(C)(C)C. The molecule has 0 aromatic carbocycles. The number of ketones is 1. The van der Waals surface area contributed by atoms with Gasteiger partial charge in [-0.25, -0.2) is 4.79 Å². The molecular weight excluding hydrogens is 230 g/mol. The number of unbranched alkanes of at least 4 members (excludes halogenated alkanes) is 2. The van der Waals surface area contributed by atoms with E-state index in [0.717, 1.165) is 19.3 Å². The van der Waals surface area contributed by atoms with Crippen molar-refractivity contribution in [3.05, 3.63) is 0 Å². The van der Waals surface area contributed by atoms with Crippen molar-refractivity contribution in [3.8, 4) is 0 Å². The standard InChI is InChI=1S/C14H27NO3/c1-5-6-7-9-12(16)10-8-11-15-13(17)18-14(2,3)4/h5-11H2,1-4H3,(H,15,17). The van der Waals surface area contributed by atoms with E-state index in [1.165, 1.54) is 0 Å². The van der Waals surface area contributed by atoms with E-state index < -0.39 is 11.7 Å². The molecule has 0 aromatic heterocycles. The lowest BCUT2D eigenvalue weighted by atomic mass is 10.1. The maximum atomic E-state index is 11.4. The third-order valence-electron chi connectivity index (χ3n) is 2.36. The first-order valence-corrected chi connectivity index (χ1v) is 6.83. The van der Waals surface area contributed by atoms with E-state index in [9.17, 15) is 9.59 Å². The van der Waals surface area contributed by atoms with Gasteiger partial charge >= 0.3 is 6.09 Å². The molecule has 0 spiro atoms. The number of carbonyl (C=O) groups excluding carboxylic acids is 2. The summed E-state index contributed by atoms with van der Waals surface area (Å²) in [4.78, 5) is 22.7. The summed E-state index contributed by atoms with van der Waals surface area (Å²) in [5.41, 5.74) is -0.472. The van der Waals surface area contributed by atoms with Gasteiger partial charge in [0.25, 0.3) is 0 Å². The molecule has 0 rings (SSSR count). The summed E-state index contributed by atoms with van der Waals surface area (Å²) < 4.78 is 5.09. The Balaban J connectivity index is 3.50. The van der Waals surface area contributed by atoms with Crippen molar-refractivity contribution in [1.82, 2.24) is 5.32 Å². The summed E-state index contributed by atoms with van der Waals surface area (Å²) in [7, 11) is 0. The summed E-state index contributed by atoms with van der Waals surface area (Å²) >= 11 is 0. The summed E-state index contributed by atoms with van der Waals surface area (Å²) in [6.07, 6.45) is 4.70. The lowest BCUT2D eigenvalue weighted by molar-refractivity contribution is -0.119. The molecule has 0 saturated carbocycles. The number of rotatable bonds is 8. The summed E-state index contributed by atoms with van der Waals surface area (Å²) in [6.45, 7) is 8.08. The summed E-state index contributed by atoms with van der Waals surface area (Å²) in [5.74, 6) is 0.287. The Morgan fingerprint density at radius 1 is 1.06 bits per heavy atom. The highest BCUT2D eigenvalue weighted by Crippen LogP contribution is 2.06. The van der Waals surface area contributed by atoms with Gasteiger partial charge in [-0.3, -0.25) is 4.79 Å². The predicted molar refractivity (Wildman–Crippen MR) is 72.6 cm³/mol. The average molecular weight is 257 g/mol. The fourth-order valence-electron chi connectivity index (χ4n) is 1.49. The predicted octanol–water partition coefficient (Wildman–Crippen LogP) is 3.44. The first-order chi connectivity index (χ1) is 8.35. The van der Waals surface area contributed by atoms with Crippen LogP contribution in [-0.4, -0.2) is 24.0 Å². The smallest absolute Gasteiger partial charge is 0.407 e. The van der Waals surface area contributed by atoms with Crippen LogP contribution < -0.4 is 5.32 Å². The van der Waals surface area contributed by atoms with E-state index in [0.29, 0.717) is 25.8 Å². The molecule has 18 heavy (non-hydrogen) atoms. The van der Waals surface area contributed by atoms with Crippen LogP contribution in [0.15, 0.2) is 0 Å². The van der Waals surface area contributed by atoms with Gasteiger partial charge in [0.1, 0.15) is 11.4 Å². The molecule has 4 nitrogen and oxygen atoms in total. The van der Waals surface area contributed by atoms with Gasteiger partial charge in [0.05, 0.1) is 0 Å². The Morgan fingerprint density at radius 3 is 2.22 bits per heavy atom. The second kappa shape index (κ2) is 8.95. The minimum Gasteiger partial charge on any atom is -0.444 e. The molecule has 0 heterocycles. The highest BCUT2D eigenvalue weighted by molar-refractivity contribution is 5.78. The van der Waals surface area contributed by atoms with Crippen LogP contribution in [0.5, 0.6) is 0 Å². The van der Waals surface area contributed by atoms with Gasteiger partial charge in [-0.2, -0.15) is 0 Å². The van der Waals surface area contributed by atoms with Gasteiger partial charge in [0.15, 0.2) is 0 Å². The summed E-state index contributed by atoms with van der Waals surface area (Å²) in [5, 5.41) is 2.65. The fraction of sp³-hybridized carbons (Fsp3) is 0.857. The zero-order chi connectivity index (χ0) is 14.0. The lowest BCUT2D eigenvalue weighted by Crippen LogP contribution is -2.33. The zero-order valence-electron chi connectivity index (χ0n) is 12.2. The highest BCUT2D eigenvalue weighted by atomic mass is 16.6. The number of nitrogens with one attached hydrogen (secondary N) is 1. The molecule has 0 saturated heterocycles. The van der Waals surface area contributed by atoms with Gasteiger partial charge in [-0.15, -0.1) is 0 Å². The molecule has 0 bridgehead atoms. The van der Waals surface area contributed by atoms with Crippen molar-refractivity contribution in [1.29, 1.82) is 0 Å². The molecule has 1 amide bonds. The number of hydrogen-bond donors (Lipinski definition) is 1. The van der Waals surface area contributed by atoms with Crippen LogP contribution in [0.4, 0.5) is 4.79 Å². The van der Waals surface area contributed by atoms with Crippen LogP contribution in [0.1, 0.15) is 66.2 Å². The normalized spacial score (nSPS) is 11.1. The van der Waals surface area contributed by atoms with E-state index in [2.05, 4.69) is 12.2 Å². The molecule has 0 atom stereocenters. The number of Topliss-reactive ketones (excluding diaryl/α,β-unsaturated/α-hetero) is 1. The third kappa shape index (κ3) is 11.4. The molecule has 0 radical (unpaired) electrons. The Kier molecular flexibility index (Phi) is 8.42. The van der Waals surface area contributed by atoms with Crippen LogP contribution in [0, 0.1) is 0 Å². The molecule has 106 valence electrons. The van der Waals surface area contributed by atoms with Crippen LogP contribution in [-0.2, 0) is 9.53 Å². The highest BCUT2D eigenvalue weighted by Gasteiger charge is 2.15. The molecule has 1 N–H and O–H groups in total. The summed E-state index contributed by atoms with van der Waals surface area (Å²) in [6, 6.07) is 0. The molecule has 0 aromatic rings. The first kappa shape index (κ1) is 16.9. The monoisotopic (exact) mass is 257 g/mol. The fourth-order valence-corrected chi connectivity index (χ4v) is 1.49. The minimum absolute atomic E-state index is 0.287. The van der Waals surface area contributed by atoms with E-state index in [4.69, 9.17) is 4.74 Å². The van der Waals surface area contributed by atoms with Gasteiger partial charge < -0.3 is 10.1 Å². The largest absolute Gasteiger partial charge is 0.444 e. The third-order valence-corrected chi connectivity index (χ3v) is 2.36. The average Bonchev–Trinajstić information content (AvgIpc) is 2.22. The molecule has 0 aliphatic rings. The second-order valence-corrected chi connectivity index (χ2v) is 5.53. The number of ether oxygens (including phenoxy) is 1. The second-order valence-electron chi connectivity index (χ2n) is 5.53. The number of hydrogen-bond acceptors (Lipinski definition) is 3. The van der Waals surface area contributed by atoms with E-state index >= 15 is 0 Å². The number of carbonyl (C=O) groups is 2. The van der Waals surface area contributed by atoms with Crippen molar-refractivity contribution in [2.24, 2.45) is 0 Å². The maximum absolute atomic E-state index is 11.4.